The fourth-order valence-corrected chi connectivity index (χ4v) is 2.39. The average molecular weight is 371 g/mol. The van der Waals surface area contributed by atoms with E-state index in [0.29, 0.717) is 5.75 Å². The third-order valence-corrected chi connectivity index (χ3v) is 3.93. The van der Waals surface area contributed by atoms with E-state index >= 15 is 0 Å². The molecule has 2 aromatic rings. The number of halogens is 1. The molecule has 0 heterocycles. The summed E-state index contributed by atoms with van der Waals surface area (Å²) in [6, 6.07) is 12.7. The van der Waals surface area contributed by atoms with Gasteiger partial charge in [-0.25, -0.2) is 9.18 Å². The molecule has 0 bridgehead atoms. The van der Waals surface area contributed by atoms with Crippen molar-refractivity contribution in [1.82, 2.24) is 5.32 Å². The molecule has 0 spiro atoms. The molecule has 0 aliphatic rings. The fraction of sp³-hybridized carbons (Fsp3) is 0.238. The standard InChI is InChI=1S/C21H22FNO4/c1-14(16-8-11-18(22)12-9-16)23-21(25)15(2)27-20(24)13-10-17-6-4-5-7-19(17)26-3/h4-15H,1-3H3,(H,23,25)/b13-10+. The molecular weight excluding hydrogens is 349 g/mol. The fourth-order valence-electron chi connectivity index (χ4n) is 2.39. The number of para-hydroxylation sites is 1. The Morgan fingerprint density at radius 1 is 1.07 bits per heavy atom. The monoisotopic (exact) mass is 371 g/mol. The highest BCUT2D eigenvalue weighted by atomic mass is 19.1. The Balaban J connectivity index is 1.90. The van der Waals surface area contributed by atoms with Crippen LogP contribution in [-0.2, 0) is 14.3 Å². The van der Waals surface area contributed by atoms with Gasteiger partial charge in [0.2, 0.25) is 0 Å². The van der Waals surface area contributed by atoms with Crippen molar-refractivity contribution in [2.75, 3.05) is 7.11 Å². The molecule has 142 valence electrons. The minimum absolute atomic E-state index is 0.344. The van der Waals surface area contributed by atoms with Crippen LogP contribution in [-0.4, -0.2) is 25.1 Å². The summed E-state index contributed by atoms with van der Waals surface area (Å²) < 4.78 is 23.3. The maximum absolute atomic E-state index is 13.0. The van der Waals surface area contributed by atoms with Crippen LogP contribution in [0.2, 0.25) is 0 Å². The third kappa shape index (κ3) is 5.95. The van der Waals surface area contributed by atoms with Crippen molar-refractivity contribution in [3.8, 4) is 5.75 Å². The largest absolute Gasteiger partial charge is 0.496 e. The van der Waals surface area contributed by atoms with Gasteiger partial charge in [-0.2, -0.15) is 0 Å². The number of amides is 1. The van der Waals surface area contributed by atoms with Crippen LogP contribution in [0.5, 0.6) is 5.75 Å². The summed E-state index contributed by atoms with van der Waals surface area (Å²) in [4.78, 5) is 24.1. The van der Waals surface area contributed by atoms with Crippen molar-refractivity contribution in [1.29, 1.82) is 0 Å². The molecule has 2 unspecified atom stereocenters. The summed E-state index contributed by atoms with van der Waals surface area (Å²) in [5.74, 6) is -0.800. The van der Waals surface area contributed by atoms with Crippen LogP contribution in [0.3, 0.4) is 0 Å². The zero-order valence-corrected chi connectivity index (χ0v) is 15.4. The van der Waals surface area contributed by atoms with Crippen molar-refractivity contribution in [3.05, 3.63) is 71.6 Å². The Kier molecular flexibility index (Phi) is 7.11. The first-order chi connectivity index (χ1) is 12.9. The van der Waals surface area contributed by atoms with Gasteiger partial charge in [0.15, 0.2) is 6.10 Å². The highest BCUT2D eigenvalue weighted by Gasteiger charge is 2.19. The molecule has 2 atom stereocenters. The highest BCUT2D eigenvalue weighted by Crippen LogP contribution is 2.18. The summed E-state index contributed by atoms with van der Waals surface area (Å²) in [6.45, 7) is 3.25. The van der Waals surface area contributed by atoms with Crippen molar-refractivity contribution in [3.63, 3.8) is 0 Å². The molecule has 1 N–H and O–H groups in total. The number of esters is 1. The maximum Gasteiger partial charge on any atom is 0.331 e. The van der Waals surface area contributed by atoms with Crippen LogP contribution in [0.25, 0.3) is 6.08 Å². The normalized spacial score (nSPS) is 13.0. The van der Waals surface area contributed by atoms with Gasteiger partial charge in [0, 0.05) is 11.6 Å². The van der Waals surface area contributed by atoms with Crippen LogP contribution in [0.15, 0.2) is 54.6 Å². The third-order valence-electron chi connectivity index (χ3n) is 3.93. The van der Waals surface area contributed by atoms with E-state index in [9.17, 15) is 14.0 Å². The van der Waals surface area contributed by atoms with Crippen LogP contribution in [0.4, 0.5) is 4.39 Å². The van der Waals surface area contributed by atoms with Gasteiger partial charge >= 0.3 is 5.97 Å². The van der Waals surface area contributed by atoms with Crippen molar-refractivity contribution in [2.45, 2.75) is 26.0 Å². The number of hydrogen-bond donors (Lipinski definition) is 1. The predicted octanol–water partition coefficient (Wildman–Crippen LogP) is 3.66. The van der Waals surface area contributed by atoms with Gasteiger partial charge in [-0.05, 0) is 43.7 Å². The molecule has 27 heavy (non-hydrogen) atoms. The number of carbonyl (C=O) groups is 2. The number of benzene rings is 2. The first-order valence-corrected chi connectivity index (χ1v) is 8.48. The van der Waals surface area contributed by atoms with E-state index < -0.39 is 18.0 Å². The Morgan fingerprint density at radius 3 is 2.41 bits per heavy atom. The molecule has 0 aliphatic carbocycles. The maximum atomic E-state index is 13.0. The SMILES string of the molecule is COc1ccccc1/C=C/C(=O)OC(C)C(=O)NC(C)c1ccc(F)cc1. The second kappa shape index (κ2) is 9.52. The lowest BCUT2D eigenvalue weighted by molar-refractivity contribution is -0.150. The van der Waals surface area contributed by atoms with E-state index in [1.807, 2.05) is 12.1 Å². The van der Waals surface area contributed by atoms with Crippen LogP contribution in [0.1, 0.15) is 31.0 Å². The molecule has 0 radical (unpaired) electrons. The zero-order chi connectivity index (χ0) is 19.8. The quantitative estimate of drug-likeness (QED) is 0.596. The average Bonchev–Trinajstić information content (AvgIpc) is 2.66. The summed E-state index contributed by atoms with van der Waals surface area (Å²) >= 11 is 0. The van der Waals surface area contributed by atoms with Gasteiger partial charge < -0.3 is 14.8 Å². The van der Waals surface area contributed by atoms with Crippen LogP contribution in [0, 0.1) is 5.82 Å². The molecule has 5 nitrogen and oxygen atoms in total. The molecule has 1 amide bonds. The van der Waals surface area contributed by atoms with Crippen LogP contribution < -0.4 is 10.1 Å². The van der Waals surface area contributed by atoms with Crippen molar-refractivity contribution >= 4 is 18.0 Å². The zero-order valence-electron chi connectivity index (χ0n) is 15.4. The topological polar surface area (TPSA) is 64.6 Å². The van der Waals surface area contributed by atoms with E-state index in [4.69, 9.17) is 9.47 Å². The summed E-state index contributed by atoms with van der Waals surface area (Å²) in [5.41, 5.74) is 1.47. The lowest BCUT2D eigenvalue weighted by Crippen LogP contribution is -2.37. The lowest BCUT2D eigenvalue weighted by atomic mass is 10.1. The van der Waals surface area contributed by atoms with Gasteiger partial charge in [-0.15, -0.1) is 0 Å². The molecule has 0 saturated heterocycles. The molecule has 0 fully saturated rings. The molecular formula is C21H22FNO4. The van der Waals surface area contributed by atoms with E-state index in [0.717, 1.165) is 11.1 Å². The molecule has 0 saturated carbocycles. The van der Waals surface area contributed by atoms with E-state index in [2.05, 4.69) is 5.32 Å². The molecule has 0 aliphatic heterocycles. The molecule has 2 rings (SSSR count). The number of hydrogen-bond acceptors (Lipinski definition) is 4. The van der Waals surface area contributed by atoms with Gasteiger partial charge in [-0.3, -0.25) is 4.79 Å². The Hall–Kier alpha value is -3.15. The highest BCUT2D eigenvalue weighted by molar-refractivity contribution is 5.90. The Morgan fingerprint density at radius 2 is 1.74 bits per heavy atom. The smallest absolute Gasteiger partial charge is 0.331 e. The molecule has 0 aromatic heterocycles. The lowest BCUT2D eigenvalue weighted by Gasteiger charge is -2.18. The van der Waals surface area contributed by atoms with E-state index in [-0.39, 0.29) is 11.9 Å². The summed E-state index contributed by atoms with van der Waals surface area (Å²) in [7, 11) is 1.54. The van der Waals surface area contributed by atoms with Gasteiger partial charge in [-0.1, -0.05) is 30.3 Å². The van der Waals surface area contributed by atoms with Gasteiger partial charge in [0.05, 0.1) is 13.2 Å². The first kappa shape index (κ1) is 20.2. The summed E-state index contributed by atoms with van der Waals surface area (Å²) in [6.07, 6.45) is 1.83. The van der Waals surface area contributed by atoms with Crippen molar-refractivity contribution < 1.29 is 23.5 Å². The van der Waals surface area contributed by atoms with Crippen LogP contribution >= 0.6 is 0 Å². The summed E-state index contributed by atoms with van der Waals surface area (Å²) in [5, 5.41) is 2.73. The van der Waals surface area contributed by atoms with E-state index in [1.54, 1.807) is 44.4 Å². The minimum atomic E-state index is -0.970. The minimum Gasteiger partial charge on any atom is -0.496 e. The number of rotatable bonds is 7. The molecule has 2 aromatic carbocycles. The Labute approximate surface area is 157 Å². The second-order valence-corrected chi connectivity index (χ2v) is 5.94. The predicted molar refractivity (Wildman–Crippen MR) is 101 cm³/mol. The first-order valence-electron chi connectivity index (χ1n) is 8.48. The number of carbonyl (C=O) groups excluding carboxylic acids is 2. The Bertz CT molecular complexity index is 817. The van der Waals surface area contributed by atoms with E-state index in [1.165, 1.54) is 25.1 Å². The number of ether oxygens (including phenoxy) is 2. The second-order valence-electron chi connectivity index (χ2n) is 5.94. The van der Waals surface area contributed by atoms with Crippen molar-refractivity contribution in [2.24, 2.45) is 0 Å². The number of methoxy groups -OCH3 is 1. The number of nitrogens with one attached hydrogen (secondary N) is 1. The van der Waals surface area contributed by atoms with Gasteiger partial charge in [0.25, 0.3) is 5.91 Å². The molecule has 6 heteroatoms. The van der Waals surface area contributed by atoms with Gasteiger partial charge in [0.1, 0.15) is 11.6 Å².